The number of nitrogens with zero attached hydrogens (tertiary/aromatic N) is 2. The number of hydrogen-bond donors (Lipinski definition) is 1. The molecule has 1 N–H and O–H groups in total. The van der Waals surface area contributed by atoms with Gasteiger partial charge in [-0.15, -0.1) is 0 Å². The molecule has 4 rings (SSSR count). The van der Waals surface area contributed by atoms with Gasteiger partial charge in [-0.05, 0) is 60.5 Å². The highest BCUT2D eigenvalue weighted by molar-refractivity contribution is 8.18. The Kier molecular flexibility index (Phi) is 7.95. The summed E-state index contributed by atoms with van der Waals surface area (Å²) in [6.07, 6.45) is 3.43. The lowest BCUT2D eigenvalue weighted by molar-refractivity contribution is -0.127. The first-order chi connectivity index (χ1) is 16.8. The van der Waals surface area contributed by atoms with Gasteiger partial charge in [0.05, 0.1) is 9.80 Å². The first-order valence-electron chi connectivity index (χ1n) is 11.1. The van der Waals surface area contributed by atoms with Crippen LogP contribution in [0.3, 0.4) is 0 Å². The van der Waals surface area contributed by atoms with Crippen LogP contribution in [0.1, 0.15) is 24.8 Å². The van der Waals surface area contributed by atoms with Gasteiger partial charge in [0.15, 0.2) is 0 Å². The first-order valence-corrected chi connectivity index (χ1v) is 13.8. The molecule has 35 heavy (non-hydrogen) atoms. The second-order valence-electron chi connectivity index (χ2n) is 8.12. The minimum atomic E-state index is -3.82. The average Bonchev–Trinajstić information content (AvgIpc) is 3.13. The van der Waals surface area contributed by atoms with E-state index < -0.39 is 33.1 Å². The molecule has 0 saturated carbocycles. The van der Waals surface area contributed by atoms with Gasteiger partial charge >= 0.3 is 0 Å². The summed E-state index contributed by atoms with van der Waals surface area (Å²) in [5, 5.41) is 2.86. The van der Waals surface area contributed by atoms with Gasteiger partial charge in [0, 0.05) is 24.7 Å². The summed E-state index contributed by atoms with van der Waals surface area (Å²) in [6, 6.07) is 14.1. The van der Waals surface area contributed by atoms with Crippen LogP contribution in [-0.2, 0) is 19.6 Å². The third-order valence-corrected chi connectivity index (χ3v) is 8.86. The van der Waals surface area contributed by atoms with E-state index in [1.165, 1.54) is 16.4 Å². The molecule has 2 aromatic rings. The number of hydrogen-bond acceptors (Lipinski definition) is 6. The summed E-state index contributed by atoms with van der Waals surface area (Å²) in [7, 11) is -3.82. The van der Waals surface area contributed by atoms with Gasteiger partial charge in [-0.2, -0.15) is 4.31 Å². The Morgan fingerprint density at radius 2 is 1.80 bits per heavy atom. The molecule has 0 aliphatic carbocycles. The summed E-state index contributed by atoms with van der Waals surface area (Å²) in [5.74, 6) is -0.872. The maximum Gasteiger partial charge on any atom is 0.293 e. The van der Waals surface area contributed by atoms with Gasteiger partial charge in [0.1, 0.15) is 6.04 Å². The van der Waals surface area contributed by atoms with E-state index in [9.17, 15) is 22.8 Å². The molecule has 2 saturated heterocycles. The molecule has 0 spiro atoms. The molecular formula is C24H24ClN3O5S2. The van der Waals surface area contributed by atoms with Crippen molar-refractivity contribution in [1.82, 2.24) is 14.5 Å². The van der Waals surface area contributed by atoms with Crippen LogP contribution in [0.2, 0.25) is 5.02 Å². The molecule has 184 valence electrons. The molecule has 0 bridgehead atoms. The number of halogens is 1. The predicted molar refractivity (Wildman–Crippen MR) is 135 cm³/mol. The van der Waals surface area contributed by atoms with Crippen LogP contribution in [0.15, 0.2) is 64.4 Å². The Morgan fingerprint density at radius 1 is 1.09 bits per heavy atom. The quantitative estimate of drug-likeness (QED) is 0.544. The van der Waals surface area contributed by atoms with Crippen LogP contribution in [0.5, 0.6) is 0 Å². The van der Waals surface area contributed by atoms with Crippen molar-refractivity contribution in [3.8, 4) is 0 Å². The zero-order valence-electron chi connectivity index (χ0n) is 18.7. The number of rotatable bonds is 7. The fourth-order valence-electron chi connectivity index (χ4n) is 3.99. The van der Waals surface area contributed by atoms with Gasteiger partial charge in [-0.3, -0.25) is 19.3 Å². The topological polar surface area (TPSA) is 104 Å². The first kappa shape index (κ1) is 25.4. The third-order valence-electron chi connectivity index (χ3n) is 5.78. The number of sulfonamides is 1. The van der Waals surface area contributed by atoms with Crippen molar-refractivity contribution in [2.75, 3.05) is 19.6 Å². The van der Waals surface area contributed by atoms with Crippen molar-refractivity contribution in [3.05, 3.63) is 70.1 Å². The molecule has 8 nitrogen and oxygen atoms in total. The lowest BCUT2D eigenvalue weighted by atomic mass is 10.0. The van der Waals surface area contributed by atoms with Crippen LogP contribution in [0.4, 0.5) is 4.79 Å². The third kappa shape index (κ3) is 5.78. The van der Waals surface area contributed by atoms with Crippen molar-refractivity contribution in [2.45, 2.75) is 30.2 Å². The molecule has 2 aromatic carbocycles. The molecule has 2 heterocycles. The highest BCUT2D eigenvalue weighted by atomic mass is 35.5. The largest absolute Gasteiger partial charge is 0.353 e. The average molecular weight is 534 g/mol. The number of carbonyl (C=O) groups excluding carboxylic acids is 3. The normalized spacial score (nSPS) is 20.4. The highest BCUT2D eigenvalue weighted by Crippen LogP contribution is 2.32. The van der Waals surface area contributed by atoms with Crippen LogP contribution in [0, 0.1) is 0 Å². The lowest BCUT2D eigenvalue weighted by Crippen LogP contribution is -2.52. The second kappa shape index (κ2) is 10.9. The smallest absolute Gasteiger partial charge is 0.293 e. The Morgan fingerprint density at radius 3 is 2.51 bits per heavy atom. The summed E-state index contributed by atoms with van der Waals surface area (Å²) in [5.41, 5.74) is 0.741. The van der Waals surface area contributed by atoms with Crippen LogP contribution >= 0.6 is 23.4 Å². The summed E-state index contributed by atoms with van der Waals surface area (Å²) >= 11 is 6.72. The Balaban J connectivity index is 1.37. The number of imide groups is 1. The van der Waals surface area contributed by atoms with Crippen LogP contribution < -0.4 is 5.32 Å². The molecule has 0 unspecified atom stereocenters. The molecule has 11 heteroatoms. The number of carbonyl (C=O) groups is 3. The van der Waals surface area contributed by atoms with Crippen molar-refractivity contribution in [2.24, 2.45) is 0 Å². The Hall–Kier alpha value is -2.66. The summed E-state index contributed by atoms with van der Waals surface area (Å²) in [4.78, 5) is 39.5. The number of piperidine rings is 1. The van der Waals surface area contributed by atoms with E-state index in [1.54, 1.807) is 48.5 Å². The molecule has 0 aromatic heterocycles. The fraction of sp³-hybridized carbons (Fsp3) is 0.292. The fourth-order valence-corrected chi connectivity index (χ4v) is 6.66. The predicted octanol–water partition coefficient (Wildman–Crippen LogP) is 3.74. The Labute approximate surface area is 213 Å². The Bertz CT molecular complexity index is 1250. The monoisotopic (exact) mass is 533 g/mol. The van der Waals surface area contributed by atoms with Crippen LogP contribution in [0.25, 0.3) is 6.08 Å². The number of nitrogens with one attached hydrogen (secondary N) is 1. The number of benzene rings is 2. The lowest BCUT2D eigenvalue weighted by Gasteiger charge is -2.33. The second-order valence-corrected chi connectivity index (χ2v) is 11.4. The van der Waals surface area contributed by atoms with Gasteiger partial charge in [-0.1, -0.05) is 48.4 Å². The standard InChI is InChI=1S/C24H24ClN3O5S2/c25-18-11-9-17(10-12-18)16-21-23(30)27(24(31)34-21)15-13-26-22(29)20-8-4-5-14-28(20)35(32,33)19-6-2-1-3-7-19/h1-3,6-7,9-12,16,20H,4-5,8,13-15H2,(H,26,29)/b21-16-/t20-/m0/s1. The summed E-state index contributed by atoms with van der Waals surface area (Å²) < 4.78 is 27.5. The molecule has 3 amide bonds. The van der Waals surface area contributed by atoms with E-state index in [1.807, 2.05) is 0 Å². The van der Waals surface area contributed by atoms with Gasteiger partial charge in [-0.25, -0.2) is 8.42 Å². The van der Waals surface area contributed by atoms with Gasteiger partial charge in [0.25, 0.3) is 11.1 Å². The van der Waals surface area contributed by atoms with Crippen molar-refractivity contribution in [1.29, 1.82) is 0 Å². The maximum atomic E-state index is 13.1. The van der Waals surface area contributed by atoms with E-state index in [2.05, 4.69) is 5.32 Å². The molecule has 1 atom stereocenters. The molecule has 2 fully saturated rings. The van der Waals surface area contributed by atoms with E-state index in [0.29, 0.717) is 17.9 Å². The zero-order chi connectivity index (χ0) is 25.0. The van der Waals surface area contributed by atoms with Crippen molar-refractivity contribution in [3.63, 3.8) is 0 Å². The minimum Gasteiger partial charge on any atom is -0.353 e. The van der Waals surface area contributed by atoms with E-state index in [-0.39, 0.29) is 29.4 Å². The number of amides is 3. The molecule has 2 aliphatic heterocycles. The van der Waals surface area contributed by atoms with Crippen molar-refractivity contribution < 1.29 is 22.8 Å². The highest BCUT2D eigenvalue weighted by Gasteiger charge is 2.38. The number of thioether (sulfide) groups is 1. The van der Waals surface area contributed by atoms with E-state index in [4.69, 9.17) is 11.6 Å². The maximum absolute atomic E-state index is 13.1. The van der Waals surface area contributed by atoms with Crippen molar-refractivity contribution >= 4 is 56.5 Å². The van der Waals surface area contributed by atoms with E-state index in [0.717, 1.165) is 28.6 Å². The molecule has 0 radical (unpaired) electrons. The SMILES string of the molecule is O=C(NCCN1C(=O)S/C(=C\c2ccc(Cl)cc2)C1=O)[C@@H]1CCCCN1S(=O)(=O)c1ccccc1. The minimum absolute atomic E-state index is 0.00742. The molecule has 2 aliphatic rings. The zero-order valence-corrected chi connectivity index (χ0v) is 21.1. The van der Waals surface area contributed by atoms with E-state index >= 15 is 0 Å². The molecular weight excluding hydrogens is 510 g/mol. The van der Waals surface area contributed by atoms with Gasteiger partial charge < -0.3 is 5.32 Å². The van der Waals surface area contributed by atoms with Gasteiger partial charge in [0.2, 0.25) is 15.9 Å². The summed E-state index contributed by atoms with van der Waals surface area (Å²) in [6.45, 7) is 0.279. The van der Waals surface area contributed by atoms with Crippen LogP contribution in [-0.4, -0.2) is 60.4 Å².